The zero-order valence-electron chi connectivity index (χ0n) is 14.0. The van der Waals surface area contributed by atoms with E-state index in [1.165, 1.54) is 6.07 Å². The van der Waals surface area contributed by atoms with Crippen molar-refractivity contribution in [3.8, 4) is 0 Å². The maximum absolute atomic E-state index is 13.7. The second-order valence-electron chi connectivity index (χ2n) is 6.15. The molecule has 1 fully saturated rings. The van der Waals surface area contributed by atoms with Crippen LogP contribution in [0.15, 0.2) is 22.7 Å². The summed E-state index contributed by atoms with van der Waals surface area (Å²) >= 11 is 3.34. The van der Waals surface area contributed by atoms with Gasteiger partial charge in [-0.05, 0) is 50.3 Å². The van der Waals surface area contributed by atoms with Crippen LogP contribution in [0.4, 0.5) is 9.18 Å². The molecule has 1 saturated carbocycles. The van der Waals surface area contributed by atoms with Gasteiger partial charge in [0.25, 0.3) is 0 Å². The number of unbranched alkanes of at least 4 members (excludes halogenated alkanes) is 1. The lowest BCUT2D eigenvalue weighted by Crippen LogP contribution is -2.39. The number of carbonyl (C=O) groups is 1. The molecule has 0 heterocycles. The number of nitrogens with one attached hydrogen (secondary N) is 1. The van der Waals surface area contributed by atoms with Gasteiger partial charge in [0.2, 0.25) is 0 Å². The van der Waals surface area contributed by atoms with Gasteiger partial charge in [-0.15, -0.1) is 0 Å². The van der Waals surface area contributed by atoms with Crippen molar-refractivity contribution in [2.75, 3.05) is 6.61 Å². The van der Waals surface area contributed by atoms with E-state index in [2.05, 4.69) is 28.2 Å². The fourth-order valence-electron chi connectivity index (χ4n) is 2.75. The topological polar surface area (TPSA) is 47.6 Å². The Balaban J connectivity index is 1.67. The maximum atomic E-state index is 13.7. The Kier molecular flexibility index (Phi) is 7.99. The second-order valence-corrected chi connectivity index (χ2v) is 7.07. The summed E-state index contributed by atoms with van der Waals surface area (Å²) in [6.45, 7) is 2.80. The van der Waals surface area contributed by atoms with Crippen LogP contribution in [0.2, 0.25) is 0 Å². The minimum Gasteiger partial charge on any atom is -0.450 e. The fraction of sp³-hybridized carbons (Fsp3) is 0.611. The van der Waals surface area contributed by atoms with Gasteiger partial charge in [0, 0.05) is 16.1 Å². The van der Waals surface area contributed by atoms with E-state index in [0.29, 0.717) is 12.2 Å². The molecule has 0 spiro atoms. The Bertz CT molecular complexity index is 533. The highest BCUT2D eigenvalue weighted by molar-refractivity contribution is 9.10. The number of rotatable bonds is 7. The van der Waals surface area contributed by atoms with Crippen LogP contribution in [-0.4, -0.2) is 24.8 Å². The Labute approximate surface area is 151 Å². The van der Waals surface area contributed by atoms with Gasteiger partial charge in [0.15, 0.2) is 0 Å². The van der Waals surface area contributed by atoms with E-state index in [0.717, 1.165) is 43.0 Å². The Morgan fingerprint density at radius 2 is 2.08 bits per heavy atom. The average Bonchev–Trinajstić information content (AvgIpc) is 2.57. The van der Waals surface area contributed by atoms with Crippen molar-refractivity contribution in [2.45, 2.75) is 64.2 Å². The molecule has 1 aromatic rings. The van der Waals surface area contributed by atoms with Gasteiger partial charge in [-0.25, -0.2) is 9.18 Å². The molecule has 1 aliphatic carbocycles. The van der Waals surface area contributed by atoms with E-state index >= 15 is 0 Å². The third-order valence-electron chi connectivity index (χ3n) is 4.21. The van der Waals surface area contributed by atoms with Crippen molar-refractivity contribution in [1.29, 1.82) is 0 Å². The lowest BCUT2D eigenvalue weighted by molar-refractivity contribution is 0.00984. The van der Waals surface area contributed by atoms with Crippen LogP contribution >= 0.6 is 15.9 Å². The van der Waals surface area contributed by atoms with Crippen LogP contribution in [0.25, 0.3) is 0 Å². The van der Waals surface area contributed by atoms with Crippen molar-refractivity contribution < 1.29 is 18.7 Å². The molecule has 134 valence electrons. The summed E-state index contributed by atoms with van der Waals surface area (Å²) in [5, 5.41) is 2.91. The highest BCUT2D eigenvalue weighted by atomic mass is 79.9. The third kappa shape index (κ3) is 6.40. The van der Waals surface area contributed by atoms with Gasteiger partial charge in [0.1, 0.15) is 5.82 Å². The number of amides is 1. The summed E-state index contributed by atoms with van der Waals surface area (Å²) < 4.78 is 25.5. The number of ether oxygens (including phenoxy) is 2. The standard InChI is InChI=1S/C18H25BrFNO3/c1-2-3-10-23-18(22)21-15-5-7-16(8-6-15)24-12-13-11-14(19)4-9-17(13)20/h4,9,11,15-16H,2-3,5-8,10,12H2,1H3,(H,21,22). The molecule has 1 N–H and O–H groups in total. The predicted octanol–water partition coefficient (Wildman–Crippen LogP) is 4.94. The number of hydrogen-bond acceptors (Lipinski definition) is 3. The van der Waals surface area contributed by atoms with E-state index in [4.69, 9.17) is 9.47 Å². The molecule has 0 aliphatic heterocycles. The minimum atomic E-state index is -0.330. The highest BCUT2D eigenvalue weighted by Gasteiger charge is 2.23. The first kappa shape index (κ1) is 19.2. The minimum absolute atomic E-state index is 0.109. The van der Waals surface area contributed by atoms with Crippen LogP contribution in [0.1, 0.15) is 51.0 Å². The van der Waals surface area contributed by atoms with Gasteiger partial charge >= 0.3 is 6.09 Å². The first-order chi connectivity index (χ1) is 11.6. The molecule has 1 aliphatic rings. The van der Waals surface area contributed by atoms with Crippen molar-refractivity contribution >= 4 is 22.0 Å². The van der Waals surface area contributed by atoms with Gasteiger partial charge in [0.05, 0.1) is 19.3 Å². The van der Waals surface area contributed by atoms with Crippen molar-refractivity contribution in [1.82, 2.24) is 5.32 Å². The van der Waals surface area contributed by atoms with Crippen molar-refractivity contribution in [2.24, 2.45) is 0 Å². The quantitative estimate of drug-likeness (QED) is 0.657. The normalized spacial score (nSPS) is 20.6. The van der Waals surface area contributed by atoms with Gasteiger partial charge in [-0.3, -0.25) is 0 Å². The number of hydrogen-bond donors (Lipinski definition) is 1. The Morgan fingerprint density at radius 1 is 1.33 bits per heavy atom. The van der Waals surface area contributed by atoms with Crippen LogP contribution in [-0.2, 0) is 16.1 Å². The fourth-order valence-corrected chi connectivity index (χ4v) is 3.16. The van der Waals surface area contributed by atoms with Crippen molar-refractivity contribution in [3.63, 3.8) is 0 Å². The first-order valence-electron chi connectivity index (χ1n) is 8.57. The van der Waals surface area contributed by atoms with E-state index in [9.17, 15) is 9.18 Å². The smallest absolute Gasteiger partial charge is 0.407 e. The number of alkyl carbamates (subject to hydrolysis) is 1. The summed E-state index contributed by atoms with van der Waals surface area (Å²) in [7, 11) is 0. The monoisotopic (exact) mass is 401 g/mol. The van der Waals surface area contributed by atoms with Crippen molar-refractivity contribution in [3.05, 3.63) is 34.1 Å². The molecule has 0 saturated heterocycles. The molecule has 0 radical (unpaired) electrons. The van der Waals surface area contributed by atoms with Crippen LogP contribution in [0, 0.1) is 5.82 Å². The summed E-state index contributed by atoms with van der Waals surface area (Å²) in [5.41, 5.74) is 0.559. The van der Waals surface area contributed by atoms with E-state index in [-0.39, 0.29) is 30.7 Å². The molecular weight excluding hydrogens is 377 g/mol. The van der Waals surface area contributed by atoms with E-state index in [1.807, 2.05) is 0 Å². The van der Waals surface area contributed by atoms with Crippen LogP contribution in [0.3, 0.4) is 0 Å². The zero-order valence-corrected chi connectivity index (χ0v) is 15.6. The number of halogens is 2. The Morgan fingerprint density at radius 3 is 2.79 bits per heavy atom. The maximum Gasteiger partial charge on any atom is 0.407 e. The lowest BCUT2D eigenvalue weighted by Gasteiger charge is -2.29. The predicted molar refractivity (Wildman–Crippen MR) is 94.3 cm³/mol. The molecule has 1 aromatic carbocycles. The van der Waals surface area contributed by atoms with Gasteiger partial charge in [-0.2, -0.15) is 0 Å². The van der Waals surface area contributed by atoms with Gasteiger partial charge < -0.3 is 14.8 Å². The molecule has 0 aromatic heterocycles. The first-order valence-corrected chi connectivity index (χ1v) is 9.36. The third-order valence-corrected chi connectivity index (χ3v) is 4.70. The van der Waals surface area contributed by atoms with E-state index < -0.39 is 0 Å². The van der Waals surface area contributed by atoms with Crippen LogP contribution < -0.4 is 5.32 Å². The summed E-state index contributed by atoms with van der Waals surface area (Å²) in [6, 6.07) is 5.00. The zero-order chi connectivity index (χ0) is 17.4. The molecule has 1 amide bonds. The largest absolute Gasteiger partial charge is 0.450 e. The second kappa shape index (κ2) is 9.99. The summed E-state index contributed by atoms with van der Waals surface area (Å²) in [6.07, 6.45) is 5.10. The molecule has 0 bridgehead atoms. The van der Waals surface area contributed by atoms with Gasteiger partial charge in [-0.1, -0.05) is 29.3 Å². The summed E-state index contributed by atoms with van der Waals surface area (Å²) in [4.78, 5) is 11.6. The Hall–Kier alpha value is -1.14. The van der Waals surface area contributed by atoms with Crippen LogP contribution in [0.5, 0.6) is 0 Å². The number of carbonyl (C=O) groups excluding carboxylic acids is 1. The molecule has 24 heavy (non-hydrogen) atoms. The molecule has 2 rings (SSSR count). The lowest BCUT2D eigenvalue weighted by atomic mass is 9.93. The molecule has 6 heteroatoms. The molecule has 0 unspecified atom stereocenters. The molecule has 4 nitrogen and oxygen atoms in total. The molecular formula is C18H25BrFNO3. The summed E-state index contributed by atoms with van der Waals surface area (Å²) in [5.74, 6) is -0.247. The average molecular weight is 402 g/mol. The SMILES string of the molecule is CCCCOC(=O)NC1CCC(OCc2cc(Br)ccc2F)CC1. The molecule has 0 atom stereocenters. The highest BCUT2D eigenvalue weighted by Crippen LogP contribution is 2.24. The van der Waals surface area contributed by atoms with E-state index in [1.54, 1.807) is 12.1 Å². The number of benzene rings is 1.